The van der Waals surface area contributed by atoms with E-state index in [-0.39, 0.29) is 18.1 Å². The van der Waals surface area contributed by atoms with Crippen molar-refractivity contribution in [2.75, 3.05) is 6.61 Å². The quantitative estimate of drug-likeness (QED) is 0.357. The van der Waals surface area contributed by atoms with Crippen LogP contribution in [0.4, 0.5) is 0 Å². The van der Waals surface area contributed by atoms with Gasteiger partial charge in [0.15, 0.2) is 4.80 Å². The number of hydrogen-bond acceptors (Lipinski definition) is 6. The Morgan fingerprint density at radius 3 is 2.55 bits per heavy atom. The van der Waals surface area contributed by atoms with Gasteiger partial charge in [-0.2, -0.15) is 0 Å². The number of fused-ring (bicyclic) bond motifs is 1. The van der Waals surface area contributed by atoms with Crippen molar-refractivity contribution in [1.82, 2.24) is 4.57 Å². The maximum atomic E-state index is 13.7. The molecule has 6 nitrogen and oxygen atoms in total. The summed E-state index contributed by atoms with van der Waals surface area (Å²) in [5, 5.41) is 0. The van der Waals surface area contributed by atoms with Crippen LogP contribution in [-0.4, -0.2) is 17.1 Å². The van der Waals surface area contributed by atoms with Crippen LogP contribution in [0.15, 0.2) is 104 Å². The van der Waals surface area contributed by atoms with E-state index in [0.29, 0.717) is 33.6 Å². The molecule has 0 spiro atoms. The Balaban J connectivity index is 1.46. The summed E-state index contributed by atoms with van der Waals surface area (Å²) < 4.78 is 14.5. The van der Waals surface area contributed by atoms with Gasteiger partial charge in [0.1, 0.15) is 12.4 Å². The number of aromatic nitrogens is 1. The second-order valence-corrected chi connectivity index (χ2v) is 11.0. The summed E-state index contributed by atoms with van der Waals surface area (Å²) in [7, 11) is 0. The van der Waals surface area contributed by atoms with Crippen molar-refractivity contribution in [3.63, 3.8) is 0 Å². The summed E-state index contributed by atoms with van der Waals surface area (Å²) in [6, 6.07) is 19.0. The van der Waals surface area contributed by atoms with Crippen molar-refractivity contribution in [1.29, 1.82) is 0 Å². The van der Waals surface area contributed by atoms with E-state index in [9.17, 15) is 9.59 Å². The molecule has 0 amide bonds. The molecule has 2 atom stereocenters. The Morgan fingerprint density at radius 2 is 1.87 bits per heavy atom. The van der Waals surface area contributed by atoms with Crippen molar-refractivity contribution in [2.24, 2.45) is 10.9 Å². The number of hydrogen-bond donors (Lipinski definition) is 0. The molecule has 3 aromatic rings. The normalized spacial score (nSPS) is 19.3. The zero-order valence-corrected chi connectivity index (χ0v) is 23.5. The van der Waals surface area contributed by atoms with Crippen LogP contribution in [0.3, 0.4) is 0 Å². The monoisotopic (exact) mass is 590 g/mol. The number of allylic oxidation sites excluding steroid dienone is 4. The van der Waals surface area contributed by atoms with Gasteiger partial charge in [-0.1, -0.05) is 100 Å². The summed E-state index contributed by atoms with van der Waals surface area (Å²) in [5.41, 5.74) is 2.72. The first-order valence-electron chi connectivity index (χ1n) is 12.4. The minimum atomic E-state index is -0.597. The molecule has 0 bridgehead atoms. The molecule has 0 saturated carbocycles. The molecule has 0 N–H and O–H groups in total. The summed E-state index contributed by atoms with van der Waals surface area (Å²) >= 11 is 5.01. The van der Waals surface area contributed by atoms with Gasteiger partial charge >= 0.3 is 5.97 Å². The van der Waals surface area contributed by atoms with Crippen LogP contribution in [0.1, 0.15) is 37.4 Å². The largest absolute Gasteiger partial charge is 0.488 e. The lowest BCUT2D eigenvalue weighted by molar-refractivity contribution is -0.139. The summed E-state index contributed by atoms with van der Waals surface area (Å²) in [6.45, 7) is 4.29. The van der Waals surface area contributed by atoms with Crippen molar-refractivity contribution in [2.45, 2.75) is 32.9 Å². The average Bonchev–Trinajstić information content (AvgIpc) is 3.22. The third-order valence-corrected chi connectivity index (χ3v) is 8.13. The average molecular weight is 592 g/mol. The van der Waals surface area contributed by atoms with Crippen LogP contribution in [0.25, 0.3) is 6.08 Å². The summed E-state index contributed by atoms with van der Waals surface area (Å²) in [5.74, 6) is 0.346. The number of esters is 1. The van der Waals surface area contributed by atoms with Crippen LogP contribution in [0.2, 0.25) is 0 Å². The Morgan fingerprint density at radius 1 is 1.16 bits per heavy atom. The van der Waals surface area contributed by atoms with Gasteiger partial charge in [0.25, 0.3) is 5.56 Å². The maximum absolute atomic E-state index is 13.7. The van der Waals surface area contributed by atoms with E-state index in [1.165, 1.54) is 11.3 Å². The second kappa shape index (κ2) is 11.5. The molecule has 1 aliphatic carbocycles. The fourth-order valence-electron chi connectivity index (χ4n) is 4.60. The Bertz CT molecular complexity index is 1620. The fraction of sp³-hybridized carbons (Fsp3) is 0.233. The van der Waals surface area contributed by atoms with Crippen LogP contribution < -0.4 is 14.9 Å². The topological polar surface area (TPSA) is 69.9 Å². The molecule has 1 aromatic heterocycles. The van der Waals surface area contributed by atoms with Crippen molar-refractivity contribution < 1.29 is 14.3 Å². The standard InChI is InChI=1S/C30H27BrN2O4S/c1-3-36-29(35)26-19(2)32-30-33(27(26)22-12-8-5-9-13-22)28(34)25(38-30)17-21-14-15-24(23(31)16-21)37-18-20-10-6-4-7-11-20/h4-15,17,21,27H,3,16,18H2,1-2H3/b25-17-/t21-,27-/m1/s1. The van der Waals surface area contributed by atoms with E-state index < -0.39 is 12.0 Å². The first-order chi connectivity index (χ1) is 18.5. The number of benzene rings is 2. The predicted octanol–water partition coefficient (Wildman–Crippen LogP) is 5.15. The minimum Gasteiger partial charge on any atom is -0.488 e. The van der Waals surface area contributed by atoms with Gasteiger partial charge < -0.3 is 9.47 Å². The molecule has 2 heterocycles. The van der Waals surface area contributed by atoms with Gasteiger partial charge in [0, 0.05) is 10.4 Å². The van der Waals surface area contributed by atoms with Gasteiger partial charge in [-0.25, -0.2) is 9.79 Å². The predicted molar refractivity (Wildman–Crippen MR) is 152 cm³/mol. The zero-order chi connectivity index (χ0) is 26.6. The van der Waals surface area contributed by atoms with E-state index in [4.69, 9.17) is 9.47 Å². The van der Waals surface area contributed by atoms with Crippen LogP contribution >= 0.6 is 27.3 Å². The molecule has 194 valence electrons. The number of ether oxygens (including phenoxy) is 2. The summed E-state index contributed by atoms with van der Waals surface area (Å²) in [4.78, 5) is 31.9. The molecular formula is C30H27BrN2O4S. The third kappa shape index (κ3) is 5.37. The molecule has 1 aliphatic heterocycles. The Labute approximate surface area is 233 Å². The van der Waals surface area contributed by atoms with E-state index in [1.54, 1.807) is 18.4 Å². The lowest BCUT2D eigenvalue weighted by Crippen LogP contribution is -2.40. The highest BCUT2D eigenvalue weighted by atomic mass is 79.9. The first-order valence-corrected chi connectivity index (χ1v) is 14.1. The smallest absolute Gasteiger partial charge is 0.338 e. The Kier molecular flexibility index (Phi) is 7.90. The second-order valence-electron chi connectivity index (χ2n) is 9.01. The maximum Gasteiger partial charge on any atom is 0.338 e. The molecule has 0 unspecified atom stereocenters. The molecule has 0 saturated heterocycles. The van der Waals surface area contributed by atoms with E-state index in [0.717, 1.165) is 21.4 Å². The first kappa shape index (κ1) is 26.1. The molecular weight excluding hydrogens is 564 g/mol. The number of carbonyl (C=O) groups excluding carboxylic acids is 1. The SMILES string of the molecule is CCOC(=O)C1=C(C)N=c2s/c(=C\[C@@H]3C=CC(OCc4ccccc4)=C(Br)C3)c(=O)n2[C@@H]1c1ccccc1. The molecule has 38 heavy (non-hydrogen) atoms. The highest BCUT2D eigenvalue weighted by molar-refractivity contribution is 9.11. The zero-order valence-electron chi connectivity index (χ0n) is 21.1. The number of rotatable bonds is 7. The summed E-state index contributed by atoms with van der Waals surface area (Å²) in [6.07, 6.45) is 6.65. The van der Waals surface area contributed by atoms with Crippen LogP contribution in [-0.2, 0) is 20.9 Å². The number of nitrogens with zero attached hydrogens (tertiary/aromatic N) is 2. The van der Waals surface area contributed by atoms with Gasteiger partial charge in [-0.05, 0) is 37.5 Å². The van der Waals surface area contributed by atoms with Crippen molar-refractivity contribution in [3.05, 3.63) is 125 Å². The van der Waals surface area contributed by atoms with E-state index in [2.05, 4.69) is 20.9 Å². The van der Waals surface area contributed by atoms with Crippen molar-refractivity contribution >= 4 is 39.3 Å². The van der Waals surface area contributed by atoms with Crippen LogP contribution in [0, 0.1) is 5.92 Å². The van der Waals surface area contributed by atoms with E-state index >= 15 is 0 Å². The third-order valence-electron chi connectivity index (χ3n) is 6.41. The molecule has 8 heteroatoms. The van der Waals surface area contributed by atoms with Crippen molar-refractivity contribution in [3.8, 4) is 0 Å². The van der Waals surface area contributed by atoms with Crippen LogP contribution in [0.5, 0.6) is 0 Å². The molecule has 2 aromatic carbocycles. The van der Waals surface area contributed by atoms with Gasteiger partial charge in [-0.15, -0.1) is 0 Å². The Hall–Kier alpha value is -3.49. The molecule has 2 aliphatic rings. The highest BCUT2D eigenvalue weighted by Gasteiger charge is 2.33. The number of carbonyl (C=O) groups is 1. The van der Waals surface area contributed by atoms with E-state index in [1.807, 2.05) is 78.9 Å². The molecule has 0 radical (unpaired) electrons. The van der Waals surface area contributed by atoms with Gasteiger partial charge in [-0.3, -0.25) is 9.36 Å². The fourth-order valence-corrected chi connectivity index (χ4v) is 6.32. The number of halogens is 1. The lowest BCUT2D eigenvalue weighted by Gasteiger charge is -2.24. The number of thiazole rings is 1. The minimum absolute atomic E-state index is 0.00983. The molecule has 5 rings (SSSR count). The lowest BCUT2D eigenvalue weighted by atomic mass is 9.96. The van der Waals surface area contributed by atoms with Gasteiger partial charge in [0.05, 0.1) is 28.5 Å². The van der Waals surface area contributed by atoms with Gasteiger partial charge in [0.2, 0.25) is 0 Å². The molecule has 0 fully saturated rings. The highest BCUT2D eigenvalue weighted by Crippen LogP contribution is 2.32.